The van der Waals surface area contributed by atoms with Crippen LogP contribution in [-0.2, 0) is 4.79 Å². The summed E-state index contributed by atoms with van der Waals surface area (Å²) in [6.45, 7) is 6.38. The number of carbonyl (C=O) groups is 1. The molecule has 0 bridgehead atoms. The smallest absolute Gasteiger partial charge is 0.224 e. The molecular formula is C16H30N2O. The highest BCUT2D eigenvalue weighted by atomic mass is 16.2. The molecule has 2 rings (SSSR count). The van der Waals surface area contributed by atoms with Crippen LogP contribution in [0.15, 0.2) is 0 Å². The molecule has 0 aromatic carbocycles. The Bertz CT molecular complexity index is 280. The molecular weight excluding hydrogens is 236 g/mol. The first kappa shape index (κ1) is 14.8. The van der Waals surface area contributed by atoms with Gasteiger partial charge in [0.1, 0.15) is 0 Å². The molecule has 0 unspecified atom stereocenters. The van der Waals surface area contributed by atoms with Gasteiger partial charge >= 0.3 is 0 Å². The highest BCUT2D eigenvalue weighted by molar-refractivity contribution is 5.76. The summed E-state index contributed by atoms with van der Waals surface area (Å²) in [5, 5.41) is 3.62. The topological polar surface area (TPSA) is 32.3 Å². The number of rotatable bonds is 5. The Balaban J connectivity index is 1.70. The Morgan fingerprint density at radius 3 is 2.26 bits per heavy atom. The van der Waals surface area contributed by atoms with Crippen LogP contribution in [-0.4, -0.2) is 36.0 Å². The Kier molecular flexibility index (Phi) is 5.68. The van der Waals surface area contributed by atoms with Crippen molar-refractivity contribution >= 4 is 5.91 Å². The van der Waals surface area contributed by atoms with Crippen LogP contribution in [0.3, 0.4) is 0 Å². The van der Waals surface area contributed by atoms with Crippen molar-refractivity contribution in [3.8, 4) is 0 Å². The third kappa shape index (κ3) is 4.48. The predicted molar refractivity (Wildman–Crippen MR) is 79.1 cm³/mol. The molecule has 3 nitrogen and oxygen atoms in total. The summed E-state index contributed by atoms with van der Waals surface area (Å²) >= 11 is 0. The predicted octanol–water partition coefficient (Wildman–Crippen LogP) is 2.95. The number of hydrogen-bond acceptors (Lipinski definition) is 2. The van der Waals surface area contributed by atoms with Gasteiger partial charge in [0.25, 0.3) is 0 Å². The lowest BCUT2D eigenvalue weighted by atomic mass is 9.80. The average Bonchev–Trinajstić information content (AvgIpc) is 2.54. The molecule has 0 radical (unpaired) electrons. The van der Waals surface area contributed by atoms with Crippen molar-refractivity contribution in [1.82, 2.24) is 10.2 Å². The number of likely N-dealkylation sites (tertiary alicyclic amines) is 1. The molecule has 19 heavy (non-hydrogen) atoms. The van der Waals surface area contributed by atoms with Crippen LogP contribution < -0.4 is 5.32 Å². The lowest BCUT2D eigenvalue weighted by molar-refractivity contribution is -0.131. The normalized spacial score (nSPS) is 24.4. The van der Waals surface area contributed by atoms with E-state index in [9.17, 15) is 4.79 Å². The quantitative estimate of drug-likeness (QED) is 0.830. The minimum Gasteiger partial charge on any atom is -0.343 e. The Labute approximate surface area is 118 Å². The molecule has 3 heteroatoms. The summed E-state index contributed by atoms with van der Waals surface area (Å²) in [7, 11) is 0. The van der Waals surface area contributed by atoms with E-state index in [-0.39, 0.29) is 0 Å². The number of amides is 1. The van der Waals surface area contributed by atoms with Crippen LogP contribution in [0.2, 0.25) is 0 Å². The summed E-state index contributed by atoms with van der Waals surface area (Å²) in [5.74, 6) is 1.19. The van der Waals surface area contributed by atoms with Gasteiger partial charge in [-0.2, -0.15) is 0 Å². The van der Waals surface area contributed by atoms with Gasteiger partial charge in [-0.3, -0.25) is 4.79 Å². The van der Waals surface area contributed by atoms with E-state index >= 15 is 0 Å². The van der Waals surface area contributed by atoms with Gasteiger partial charge in [0.2, 0.25) is 5.91 Å². The van der Waals surface area contributed by atoms with E-state index < -0.39 is 0 Å². The lowest BCUT2D eigenvalue weighted by Crippen LogP contribution is -2.44. The first-order chi connectivity index (χ1) is 9.16. The largest absolute Gasteiger partial charge is 0.343 e. The van der Waals surface area contributed by atoms with Gasteiger partial charge in [-0.05, 0) is 45.4 Å². The third-order valence-corrected chi connectivity index (χ3v) is 4.84. The molecule has 1 saturated carbocycles. The average molecular weight is 266 g/mol. The maximum Gasteiger partial charge on any atom is 0.224 e. The maximum atomic E-state index is 12.3. The van der Waals surface area contributed by atoms with E-state index in [0.717, 1.165) is 19.0 Å². The van der Waals surface area contributed by atoms with Gasteiger partial charge in [0, 0.05) is 31.6 Å². The maximum absolute atomic E-state index is 12.3. The Hall–Kier alpha value is -0.570. The van der Waals surface area contributed by atoms with Crippen LogP contribution in [0.1, 0.15) is 65.2 Å². The van der Waals surface area contributed by atoms with Crippen molar-refractivity contribution in [3.05, 3.63) is 0 Å². The summed E-state index contributed by atoms with van der Waals surface area (Å²) in [4.78, 5) is 14.4. The fourth-order valence-electron chi connectivity index (χ4n) is 3.29. The fourth-order valence-corrected chi connectivity index (χ4v) is 3.29. The lowest BCUT2D eigenvalue weighted by Gasteiger charge is -2.34. The van der Waals surface area contributed by atoms with Crippen LogP contribution >= 0.6 is 0 Å². The van der Waals surface area contributed by atoms with E-state index in [1.54, 1.807) is 0 Å². The first-order valence-electron chi connectivity index (χ1n) is 8.20. The van der Waals surface area contributed by atoms with Crippen LogP contribution in [0, 0.1) is 5.92 Å². The van der Waals surface area contributed by atoms with Crippen LogP contribution in [0.4, 0.5) is 0 Å². The minimum absolute atomic E-state index is 0.311. The molecule has 1 amide bonds. The van der Waals surface area contributed by atoms with Crippen LogP contribution in [0.25, 0.3) is 0 Å². The van der Waals surface area contributed by atoms with Crippen LogP contribution in [0.5, 0.6) is 0 Å². The zero-order valence-electron chi connectivity index (χ0n) is 12.7. The summed E-state index contributed by atoms with van der Waals surface area (Å²) in [6, 6.07) is 0.882. The van der Waals surface area contributed by atoms with E-state index in [2.05, 4.69) is 24.1 Å². The molecule has 1 heterocycles. The van der Waals surface area contributed by atoms with Gasteiger partial charge < -0.3 is 10.2 Å². The van der Waals surface area contributed by atoms with Crippen molar-refractivity contribution < 1.29 is 4.79 Å². The second-order valence-electron chi connectivity index (χ2n) is 6.55. The Morgan fingerprint density at radius 2 is 1.74 bits per heavy atom. The van der Waals surface area contributed by atoms with Gasteiger partial charge in [-0.25, -0.2) is 0 Å². The van der Waals surface area contributed by atoms with Gasteiger partial charge in [-0.15, -0.1) is 0 Å². The number of hydrogen-bond donors (Lipinski definition) is 1. The summed E-state index contributed by atoms with van der Waals surface area (Å²) in [6.07, 6.45) is 9.72. The molecule has 0 spiro atoms. The zero-order chi connectivity index (χ0) is 13.7. The number of nitrogens with zero attached hydrogens (tertiary/aromatic N) is 1. The van der Waals surface area contributed by atoms with Gasteiger partial charge in [-0.1, -0.05) is 19.3 Å². The monoisotopic (exact) mass is 266 g/mol. The van der Waals surface area contributed by atoms with Crippen molar-refractivity contribution in [2.45, 2.75) is 77.3 Å². The molecule has 0 aromatic heterocycles. The standard InChI is InChI=1S/C16H30N2O/c1-13(17-14(2)15-8-7-9-15)12-16(19)18-10-5-3-4-6-11-18/h13-15,17H,3-12H2,1-2H3/t13-,14-/m1/s1. The fraction of sp³-hybridized carbons (Fsp3) is 0.938. The molecule has 2 fully saturated rings. The molecule has 110 valence electrons. The second kappa shape index (κ2) is 7.28. The highest BCUT2D eigenvalue weighted by Crippen LogP contribution is 2.29. The molecule has 1 saturated heterocycles. The van der Waals surface area contributed by atoms with Gasteiger partial charge in [0.05, 0.1) is 0 Å². The van der Waals surface area contributed by atoms with E-state index in [4.69, 9.17) is 0 Å². The molecule has 1 aliphatic carbocycles. The van der Waals surface area contributed by atoms with Crippen molar-refractivity contribution in [1.29, 1.82) is 0 Å². The third-order valence-electron chi connectivity index (χ3n) is 4.84. The molecule has 1 N–H and O–H groups in total. The van der Waals surface area contributed by atoms with E-state index in [0.29, 0.717) is 24.4 Å². The van der Waals surface area contributed by atoms with E-state index in [1.807, 2.05) is 0 Å². The summed E-state index contributed by atoms with van der Waals surface area (Å²) in [5.41, 5.74) is 0. The van der Waals surface area contributed by atoms with E-state index in [1.165, 1.54) is 44.9 Å². The Morgan fingerprint density at radius 1 is 1.11 bits per heavy atom. The zero-order valence-corrected chi connectivity index (χ0v) is 12.7. The first-order valence-corrected chi connectivity index (χ1v) is 8.20. The molecule has 2 atom stereocenters. The number of carbonyl (C=O) groups excluding carboxylic acids is 1. The molecule has 0 aromatic rings. The SMILES string of the molecule is C[C@H](CC(=O)N1CCCCCC1)N[C@H](C)C1CCC1. The van der Waals surface area contributed by atoms with Crippen molar-refractivity contribution in [3.63, 3.8) is 0 Å². The molecule has 2 aliphatic rings. The van der Waals surface area contributed by atoms with Gasteiger partial charge in [0.15, 0.2) is 0 Å². The minimum atomic E-state index is 0.311. The van der Waals surface area contributed by atoms with Crippen molar-refractivity contribution in [2.75, 3.05) is 13.1 Å². The number of nitrogens with one attached hydrogen (secondary N) is 1. The molecule has 1 aliphatic heterocycles. The highest BCUT2D eigenvalue weighted by Gasteiger charge is 2.25. The van der Waals surface area contributed by atoms with Crippen molar-refractivity contribution in [2.24, 2.45) is 5.92 Å². The summed E-state index contributed by atoms with van der Waals surface area (Å²) < 4.78 is 0. The second-order valence-corrected chi connectivity index (χ2v) is 6.55.